The van der Waals surface area contributed by atoms with Crippen molar-refractivity contribution in [3.63, 3.8) is 0 Å². The van der Waals surface area contributed by atoms with Gasteiger partial charge in [-0.25, -0.2) is 4.79 Å². The minimum Gasteiger partial charge on any atom is -0.461 e. The quantitative estimate of drug-likeness (QED) is 0.862. The summed E-state index contributed by atoms with van der Waals surface area (Å²) in [7, 11) is 0. The zero-order valence-electron chi connectivity index (χ0n) is 11.5. The monoisotopic (exact) mass is 306 g/mol. The first kappa shape index (κ1) is 15.1. The number of rotatable bonds is 5. The van der Waals surface area contributed by atoms with Crippen molar-refractivity contribution < 1.29 is 14.3 Å². The summed E-state index contributed by atoms with van der Waals surface area (Å²) in [5.41, 5.74) is 6.78. The molecule has 2 aromatic rings. The molecule has 1 heterocycles. The van der Waals surface area contributed by atoms with Crippen LogP contribution < -0.4 is 5.73 Å². The van der Waals surface area contributed by atoms with E-state index in [0.29, 0.717) is 29.4 Å². The summed E-state index contributed by atoms with van der Waals surface area (Å²) in [6.07, 6.45) is 1.77. The summed E-state index contributed by atoms with van der Waals surface area (Å²) in [5.74, 6) is -0.913. The second kappa shape index (κ2) is 6.45. The molecule has 0 bridgehead atoms. The van der Waals surface area contributed by atoms with E-state index in [9.17, 15) is 9.59 Å². The molecule has 5 nitrogen and oxygen atoms in total. The molecule has 0 spiro atoms. The number of amides is 1. The minimum atomic E-state index is -0.531. The third kappa shape index (κ3) is 3.44. The van der Waals surface area contributed by atoms with E-state index in [1.54, 1.807) is 42.0 Å². The molecule has 2 rings (SSSR count). The van der Waals surface area contributed by atoms with Gasteiger partial charge in [0.05, 0.1) is 6.61 Å². The molecular formula is C15H15ClN2O3. The third-order valence-corrected chi connectivity index (χ3v) is 3.34. The van der Waals surface area contributed by atoms with Gasteiger partial charge in [-0.05, 0) is 36.8 Å². The fourth-order valence-corrected chi connectivity index (χ4v) is 2.19. The largest absolute Gasteiger partial charge is 0.461 e. The van der Waals surface area contributed by atoms with Gasteiger partial charge in [0.15, 0.2) is 0 Å². The van der Waals surface area contributed by atoms with Crippen LogP contribution in [-0.2, 0) is 11.3 Å². The van der Waals surface area contributed by atoms with Crippen molar-refractivity contribution in [3.05, 3.63) is 58.4 Å². The molecule has 0 radical (unpaired) electrons. The van der Waals surface area contributed by atoms with Crippen molar-refractivity contribution >= 4 is 23.5 Å². The summed E-state index contributed by atoms with van der Waals surface area (Å²) in [4.78, 5) is 22.9. The number of esters is 1. The molecule has 0 unspecified atom stereocenters. The van der Waals surface area contributed by atoms with Crippen LogP contribution in [-0.4, -0.2) is 23.1 Å². The predicted molar refractivity (Wildman–Crippen MR) is 79.5 cm³/mol. The Morgan fingerprint density at radius 3 is 2.71 bits per heavy atom. The number of hydrogen-bond acceptors (Lipinski definition) is 3. The Labute approximate surface area is 127 Å². The molecule has 1 aromatic carbocycles. The van der Waals surface area contributed by atoms with Crippen LogP contribution in [0.25, 0.3) is 0 Å². The molecule has 21 heavy (non-hydrogen) atoms. The van der Waals surface area contributed by atoms with Crippen LogP contribution in [0.5, 0.6) is 0 Å². The van der Waals surface area contributed by atoms with Crippen molar-refractivity contribution in [2.45, 2.75) is 13.5 Å². The number of nitrogens with zero attached hydrogens (tertiary/aromatic N) is 1. The van der Waals surface area contributed by atoms with Gasteiger partial charge in [0.25, 0.3) is 0 Å². The summed E-state index contributed by atoms with van der Waals surface area (Å²) >= 11 is 6.15. The normalized spacial score (nSPS) is 10.4. The number of hydrogen-bond donors (Lipinski definition) is 1. The fourth-order valence-electron chi connectivity index (χ4n) is 1.95. The van der Waals surface area contributed by atoms with Gasteiger partial charge in [0, 0.05) is 23.3 Å². The highest BCUT2D eigenvalue weighted by Crippen LogP contribution is 2.20. The topological polar surface area (TPSA) is 74.3 Å². The van der Waals surface area contributed by atoms with Gasteiger partial charge < -0.3 is 15.0 Å². The molecule has 0 fully saturated rings. The van der Waals surface area contributed by atoms with Crippen molar-refractivity contribution in [3.8, 4) is 0 Å². The zero-order valence-corrected chi connectivity index (χ0v) is 12.3. The Bertz CT molecular complexity index is 679. The first-order valence-electron chi connectivity index (χ1n) is 6.43. The first-order chi connectivity index (χ1) is 10.0. The van der Waals surface area contributed by atoms with E-state index < -0.39 is 5.91 Å². The molecule has 1 aromatic heterocycles. The van der Waals surface area contributed by atoms with Gasteiger partial charge in [-0.2, -0.15) is 0 Å². The molecule has 0 aliphatic rings. The Kier molecular flexibility index (Phi) is 4.65. The lowest BCUT2D eigenvalue weighted by molar-refractivity contribution is 0.0514. The van der Waals surface area contributed by atoms with E-state index in [1.807, 2.05) is 0 Å². The van der Waals surface area contributed by atoms with Crippen LogP contribution in [0.1, 0.15) is 33.3 Å². The Morgan fingerprint density at radius 2 is 2.10 bits per heavy atom. The van der Waals surface area contributed by atoms with Gasteiger partial charge >= 0.3 is 5.97 Å². The molecule has 6 heteroatoms. The number of primary amides is 1. The van der Waals surface area contributed by atoms with Gasteiger partial charge in [0.1, 0.15) is 5.69 Å². The SMILES string of the molecule is CCOC(=O)c1cccn1Cc1ccc(C(N)=O)cc1Cl. The highest BCUT2D eigenvalue weighted by Gasteiger charge is 2.13. The second-order valence-electron chi connectivity index (χ2n) is 4.41. The average Bonchev–Trinajstić information content (AvgIpc) is 2.89. The van der Waals surface area contributed by atoms with Crippen LogP contribution in [0.15, 0.2) is 36.5 Å². The number of benzene rings is 1. The lowest BCUT2D eigenvalue weighted by Crippen LogP contribution is -2.13. The first-order valence-corrected chi connectivity index (χ1v) is 6.81. The highest BCUT2D eigenvalue weighted by molar-refractivity contribution is 6.31. The predicted octanol–water partition coefficient (Wildman–Crippen LogP) is 2.47. The Balaban J connectivity index is 2.25. The number of nitrogens with two attached hydrogens (primary N) is 1. The summed E-state index contributed by atoms with van der Waals surface area (Å²) in [6, 6.07) is 8.29. The standard InChI is InChI=1S/C15H15ClN2O3/c1-2-21-15(20)13-4-3-7-18(13)9-11-6-5-10(14(17)19)8-12(11)16/h3-8H,2,9H2,1H3,(H2,17,19). The van der Waals surface area contributed by atoms with Crippen molar-refractivity contribution in [2.24, 2.45) is 5.73 Å². The number of carbonyl (C=O) groups excluding carboxylic acids is 2. The van der Waals surface area contributed by atoms with E-state index in [2.05, 4.69) is 0 Å². The van der Waals surface area contributed by atoms with Gasteiger partial charge in [-0.15, -0.1) is 0 Å². The second-order valence-corrected chi connectivity index (χ2v) is 4.82. The summed E-state index contributed by atoms with van der Waals surface area (Å²) in [6.45, 7) is 2.47. The van der Waals surface area contributed by atoms with Gasteiger partial charge in [-0.1, -0.05) is 17.7 Å². The molecule has 2 N–H and O–H groups in total. The maximum absolute atomic E-state index is 11.8. The van der Waals surface area contributed by atoms with Crippen LogP contribution >= 0.6 is 11.6 Å². The summed E-state index contributed by atoms with van der Waals surface area (Å²) in [5, 5.41) is 0.426. The maximum atomic E-state index is 11.8. The molecule has 0 saturated carbocycles. The maximum Gasteiger partial charge on any atom is 0.354 e. The zero-order chi connectivity index (χ0) is 15.4. The van der Waals surface area contributed by atoms with E-state index in [0.717, 1.165) is 5.56 Å². The van der Waals surface area contributed by atoms with E-state index in [-0.39, 0.29) is 5.97 Å². The van der Waals surface area contributed by atoms with E-state index in [4.69, 9.17) is 22.1 Å². The average molecular weight is 307 g/mol. The smallest absolute Gasteiger partial charge is 0.354 e. The Morgan fingerprint density at radius 1 is 1.33 bits per heavy atom. The highest BCUT2D eigenvalue weighted by atomic mass is 35.5. The molecule has 0 atom stereocenters. The lowest BCUT2D eigenvalue weighted by atomic mass is 10.1. The lowest BCUT2D eigenvalue weighted by Gasteiger charge is -2.10. The Hall–Kier alpha value is -2.27. The fraction of sp³-hybridized carbons (Fsp3) is 0.200. The van der Waals surface area contributed by atoms with Crippen molar-refractivity contribution in [1.29, 1.82) is 0 Å². The number of halogens is 1. The number of aromatic nitrogens is 1. The van der Waals surface area contributed by atoms with Gasteiger partial charge in [-0.3, -0.25) is 4.79 Å². The van der Waals surface area contributed by atoms with Crippen molar-refractivity contribution in [2.75, 3.05) is 6.61 Å². The van der Waals surface area contributed by atoms with Crippen LogP contribution in [0, 0.1) is 0 Å². The van der Waals surface area contributed by atoms with Crippen LogP contribution in [0.3, 0.4) is 0 Å². The van der Waals surface area contributed by atoms with Crippen LogP contribution in [0.4, 0.5) is 0 Å². The molecule has 1 amide bonds. The minimum absolute atomic E-state index is 0.318. The molecule has 110 valence electrons. The van der Waals surface area contributed by atoms with Crippen LogP contribution in [0.2, 0.25) is 5.02 Å². The molecule has 0 aliphatic carbocycles. The van der Waals surface area contributed by atoms with E-state index in [1.165, 1.54) is 6.07 Å². The van der Waals surface area contributed by atoms with Crippen molar-refractivity contribution in [1.82, 2.24) is 4.57 Å². The summed E-state index contributed by atoms with van der Waals surface area (Å²) < 4.78 is 6.73. The van der Waals surface area contributed by atoms with Gasteiger partial charge in [0.2, 0.25) is 5.91 Å². The third-order valence-electron chi connectivity index (χ3n) is 2.99. The molecule has 0 aliphatic heterocycles. The number of carbonyl (C=O) groups is 2. The van der Waals surface area contributed by atoms with E-state index >= 15 is 0 Å². The molecule has 0 saturated heterocycles. The molecular weight excluding hydrogens is 292 g/mol. The number of ether oxygens (including phenoxy) is 1.